The number of carbonyl (C=O) groups is 1. The van der Waals surface area contributed by atoms with Crippen molar-refractivity contribution >= 4 is 17.7 Å². The van der Waals surface area contributed by atoms with Crippen molar-refractivity contribution in [3.63, 3.8) is 0 Å². The summed E-state index contributed by atoms with van der Waals surface area (Å²) in [7, 11) is 0. The maximum Gasteiger partial charge on any atom is 0.321 e. The number of carbonyl (C=O) groups excluding carboxylic acids is 1. The van der Waals surface area contributed by atoms with Crippen LogP contribution in [0.2, 0.25) is 0 Å². The molecule has 102 valence electrons. The summed E-state index contributed by atoms with van der Waals surface area (Å²) >= 11 is 1.76. The summed E-state index contributed by atoms with van der Waals surface area (Å²) in [5, 5.41) is 3.91. The van der Waals surface area contributed by atoms with E-state index in [2.05, 4.69) is 5.32 Å². The molecule has 3 nitrogen and oxygen atoms in total. The van der Waals surface area contributed by atoms with Crippen LogP contribution >= 0.6 is 11.8 Å². The Morgan fingerprint density at radius 3 is 2.35 bits per heavy atom. The number of rotatable bonds is 4. The summed E-state index contributed by atoms with van der Waals surface area (Å²) in [6, 6.07) is 0. The van der Waals surface area contributed by atoms with Crippen LogP contribution in [-0.4, -0.2) is 35.7 Å². The van der Waals surface area contributed by atoms with Crippen LogP contribution < -0.4 is 5.32 Å². The van der Waals surface area contributed by atoms with Gasteiger partial charge in [-0.05, 0) is 46.7 Å². The number of esters is 1. The molecule has 0 aliphatic carbocycles. The number of hydrogen-bond donors (Lipinski definition) is 1. The highest BCUT2D eigenvalue weighted by Gasteiger charge is 2.33. The molecule has 4 heteroatoms. The highest BCUT2D eigenvalue weighted by atomic mass is 32.2. The maximum absolute atomic E-state index is 11.7. The number of hydrogen-bond acceptors (Lipinski definition) is 4. The lowest BCUT2D eigenvalue weighted by atomic mass is 10.2. The van der Waals surface area contributed by atoms with E-state index in [1.807, 2.05) is 34.6 Å². The fourth-order valence-electron chi connectivity index (χ4n) is 1.68. The molecule has 0 radical (unpaired) electrons. The van der Waals surface area contributed by atoms with E-state index in [4.69, 9.17) is 4.74 Å². The molecule has 1 rings (SSSR count). The highest BCUT2D eigenvalue weighted by molar-refractivity contribution is 8.01. The third kappa shape index (κ3) is 6.32. The van der Waals surface area contributed by atoms with E-state index in [0.29, 0.717) is 11.9 Å². The van der Waals surface area contributed by atoms with Crippen molar-refractivity contribution < 1.29 is 9.53 Å². The molecule has 0 amide bonds. The lowest BCUT2D eigenvalue weighted by molar-refractivity contribution is -0.145. The van der Waals surface area contributed by atoms with Gasteiger partial charge in [-0.2, -0.15) is 0 Å². The monoisotopic (exact) mass is 261 g/mol. The lowest BCUT2D eigenvalue weighted by Gasteiger charge is -2.29. The Balaban J connectivity index is 0.00000121. The van der Waals surface area contributed by atoms with Crippen LogP contribution in [0.5, 0.6) is 0 Å². The molecule has 1 heterocycles. The van der Waals surface area contributed by atoms with E-state index in [9.17, 15) is 4.79 Å². The summed E-state index contributed by atoms with van der Waals surface area (Å²) in [6.07, 6.45) is 2.29. The van der Waals surface area contributed by atoms with Gasteiger partial charge < -0.3 is 10.1 Å². The largest absolute Gasteiger partial charge is 0.465 e. The molecule has 0 aromatic heterocycles. The van der Waals surface area contributed by atoms with Crippen molar-refractivity contribution in [1.82, 2.24) is 5.32 Å². The van der Waals surface area contributed by atoms with Gasteiger partial charge >= 0.3 is 5.97 Å². The van der Waals surface area contributed by atoms with E-state index < -0.39 is 4.75 Å². The molecule has 1 aliphatic heterocycles. The quantitative estimate of drug-likeness (QED) is 0.790. The summed E-state index contributed by atoms with van der Waals surface area (Å²) < 4.78 is 4.67. The normalized spacial score (nSPS) is 17.0. The van der Waals surface area contributed by atoms with Gasteiger partial charge in [-0.25, -0.2) is 0 Å². The van der Waals surface area contributed by atoms with Crippen LogP contribution in [0, 0.1) is 0 Å². The molecule has 1 fully saturated rings. The Bertz CT molecular complexity index is 213. The second-order valence-corrected chi connectivity index (χ2v) is 6.22. The Hall–Kier alpha value is -0.220. The second-order valence-electron chi connectivity index (χ2n) is 4.30. The minimum atomic E-state index is -0.405. The molecular formula is C13H27NO2S. The standard InChI is InChI=1S/C11H21NO2S.C2H6/c1-4-14-10(13)11(2,3)15-9-5-7-12-8-6-9;1-2/h9,12H,4-8H2,1-3H3;1-2H3. The van der Waals surface area contributed by atoms with Crippen molar-refractivity contribution in [1.29, 1.82) is 0 Å². The lowest BCUT2D eigenvalue weighted by Crippen LogP contribution is -2.36. The van der Waals surface area contributed by atoms with Gasteiger partial charge in [0.05, 0.1) is 6.61 Å². The molecule has 0 aromatic rings. The Morgan fingerprint density at radius 1 is 1.35 bits per heavy atom. The van der Waals surface area contributed by atoms with Gasteiger partial charge in [0.25, 0.3) is 0 Å². The van der Waals surface area contributed by atoms with Crippen molar-refractivity contribution in [2.24, 2.45) is 0 Å². The number of nitrogens with one attached hydrogen (secondary N) is 1. The first-order valence-electron chi connectivity index (χ1n) is 6.62. The topological polar surface area (TPSA) is 38.3 Å². The third-order valence-electron chi connectivity index (χ3n) is 2.51. The minimum Gasteiger partial charge on any atom is -0.465 e. The minimum absolute atomic E-state index is 0.0893. The Morgan fingerprint density at radius 2 is 1.88 bits per heavy atom. The van der Waals surface area contributed by atoms with Crippen LogP contribution in [0.25, 0.3) is 0 Å². The maximum atomic E-state index is 11.7. The molecule has 0 atom stereocenters. The highest BCUT2D eigenvalue weighted by Crippen LogP contribution is 2.33. The summed E-state index contributed by atoms with van der Waals surface area (Å²) in [5.74, 6) is -0.0893. The molecule has 0 saturated carbocycles. The van der Waals surface area contributed by atoms with Crippen molar-refractivity contribution in [2.75, 3.05) is 19.7 Å². The van der Waals surface area contributed by atoms with Gasteiger partial charge in [-0.15, -0.1) is 11.8 Å². The molecule has 1 N–H and O–H groups in total. The summed E-state index contributed by atoms with van der Waals surface area (Å²) in [5.41, 5.74) is 0. The van der Waals surface area contributed by atoms with Crippen LogP contribution in [0.4, 0.5) is 0 Å². The number of piperidine rings is 1. The molecule has 0 spiro atoms. The fraction of sp³-hybridized carbons (Fsp3) is 0.923. The van der Waals surface area contributed by atoms with Crippen LogP contribution in [0.3, 0.4) is 0 Å². The van der Waals surface area contributed by atoms with Crippen LogP contribution in [0.1, 0.15) is 47.5 Å². The Kier molecular flexibility index (Phi) is 8.70. The molecular weight excluding hydrogens is 234 g/mol. The first-order valence-corrected chi connectivity index (χ1v) is 7.50. The van der Waals surface area contributed by atoms with E-state index in [0.717, 1.165) is 25.9 Å². The third-order valence-corrected chi connectivity index (χ3v) is 4.08. The fourth-order valence-corrected chi connectivity index (χ4v) is 3.14. The number of ether oxygens (including phenoxy) is 1. The molecule has 0 bridgehead atoms. The van der Waals surface area contributed by atoms with Crippen molar-refractivity contribution in [3.05, 3.63) is 0 Å². The zero-order valence-electron chi connectivity index (χ0n) is 11.8. The van der Waals surface area contributed by atoms with E-state index >= 15 is 0 Å². The second kappa shape index (κ2) is 8.81. The molecule has 1 aliphatic rings. The first-order chi connectivity index (χ1) is 8.06. The molecule has 1 saturated heterocycles. The van der Waals surface area contributed by atoms with Gasteiger partial charge in [0.15, 0.2) is 0 Å². The number of thioether (sulfide) groups is 1. The van der Waals surface area contributed by atoms with Gasteiger partial charge in [0.1, 0.15) is 4.75 Å². The average Bonchev–Trinajstić information content (AvgIpc) is 2.32. The molecule has 0 aromatic carbocycles. The van der Waals surface area contributed by atoms with Gasteiger partial charge in [-0.1, -0.05) is 13.8 Å². The zero-order valence-corrected chi connectivity index (χ0v) is 12.7. The van der Waals surface area contributed by atoms with Crippen molar-refractivity contribution in [2.45, 2.75) is 57.5 Å². The van der Waals surface area contributed by atoms with Crippen LogP contribution in [0.15, 0.2) is 0 Å². The predicted molar refractivity (Wildman–Crippen MR) is 75.5 cm³/mol. The molecule has 17 heavy (non-hydrogen) atoms. The Labute approximate surface area is 110 Å². The molecule has 0 unspecified atom stereocenters. The average molecular weight is 261 g/mol. The van der Waals surface area contributed by atoms with Crippen LogP contribution in [-0.2, 0) is 9.53 Å². The van der Waals surface area contributed by atoms with E-state index in [1.54, 1.807) is 11.8 Å². The van der Waals surface area contributed by atoms with E-state index in [1.165, 1.54) is 0 Å². The smallest absolute Gasteiger partial charge is 0.321 e. The van der Waals surface area contributed by atoms with E-state index in [-0.39, 0.29) is 5.97 Å². The first kappa shape index (κ1) is 16.8. The van der Waals surface area contributed by atoms with Gasteiger partial charge in [0, 0.05) is 5.25 Å². The summed E-state index contributed by atoms with van der Waals surface area (Å²) in [4.78, 5) is 11.7. The van der Waals surface area contributed by atoms with Gasteiger partial charge in [0.2, 0.25) is 0 Å². The predicted octanol–water partition coefficient (Wildman–Crippen LogP) is 2.84. The SMILES string of the molecule is CC.CCOC(=O)C(C)(C)SC1CCNCC1. The zero-order chi connectivity index (χ0) is 13.3. The summed E-state index contributed by atoms with van der Waals surface area (Å²) in [6.45, 7) is 12.4. The van der Waals surface area contributed by atoms with Crippen molar-refractivity contribution in [3.8, 4) is 0 Å². The van der Waals surface area contributed by atoms with Gasteiger partial charge in [-0.3, -0.25) is 4.79 Å².